The Bertz CT molecular complexity index is 340. The highest BCUT2D eigenvalue weighted by atomic mass is 79.9. The fourth-order valence-corrected chi connectivity index (χ4v) is 2.40. The van der Waals surface area contributed by atoms with E-state index in [4.69, 9.17) is 4.74 Å². The Kier molecular flexibility index (Phi) is 6.16. The number of aryl methyl sites for hydroxylation is 1. The summed E-state index contributed by atoms with van der Waals surface area (Å²) in [5, 5.41) is 7.88. The Morgan fingerprint density at radius 3 is 2.76 bits per heavy atom. The maximum Gasteiger partial charge on any atom is 0.0766 e. The zero-order chi connectivity index (χ0) is 12.8. The molecule has 1 aromatic rings. The lowest BCUT2D eigenvalue weighted by atomic mass is 10.1. The van der Waals surface area contributed by atoms with E-state index in [0.717, 1.165) is 29.7 Å². The molecule has 2 atom stereocenters. The smallest absolute Gasteiger partial charge is 0.0766 e. The lowest BCUT2D eigenvalue weighted by molar-refractivity contribution is 0.0798. The molecule has 0 amide bonds. The molecule has 0 spiro atoms. The molecule has 4 nitrogen and oxygen atoms in total. The lowest BCUT2D eigenvalue weighted by Gasteiger charge is -2.25. The molecule has 1 heterocycles. The fraction of sp³-hybridized carbons (Fsp3) is 0.750. The zero-order valence-electron chi connectivity index (χ0n) is 11.0. The van der Waals surface area contributed by atoms with Gasteiger partial charge in [0.05, 0.1) is 28.5 Å². The average molecular weight is 304 g/mol. The molecule has 1 N–H and O–H groups in total. The molecule has 0 saturated heterocycles. The quantitative estimate of drug-likeness (QED) is 0.842. The minimum absolute atomic E-state index is 0.111. The first-order valence-corrected chi connectivity index (χ1v) is 6.92. The van der Waals surface area contributed by atoms with Crippen LogP contribution in [0.15, 0.2) is 10.7 Å². The van der Waals surface area contributed by atoms with Crippen molar-refractivity contribution in [2.75, 3.05) is 13.7 Å². The number of aromatic nitrogens is 2. The van der Waals surface area contributed by atoms with E-state index in [0.29, 0.717) is 0 Å². The number of rotatable bonds is 7. The van der Waals surface area contributed by atoms with Gasteiger partial charge in [-0.25, -0.2) is 0 Å². The number of nitrogens with zero attached hydrogens (tertiary/aromatic N) is 2. The van der Waals surface area contributed by atoms with Crippen LogP contribution in [0.4, 0.5) is 0 Å². The molecule has 0 saturated carbocycles. The second-order valence-electron chi connectivity index (χ2n) is 4.07. The van der Waals surface area contributed by atoms with E-state index in [1.807, 2.05) is 10.9 Å². The van der Waals surface area contributed by atoms with Crippen molar-refractivity contribution in [3.63, 3.8) is 0 Å². The van der Waals surface area contributed by atoms with Crippen LogP contribution in [0.2, 0.25) is 0 Å². The van der Waals surface area contributed by atoms with Gasteiger partial charge in [0.15, 0.2) is 0 Å². The van der Waals surface area contributed by atoms with E-state index in [1.165, 1.54) is 0 Å². The molecular formula is C12H22BrN3O. The van der Waals surface area contributed by atoms with Crippen molar-refractivity contribution in [2.24, 2.45) is 0 Å². The van der Waals surface area contributed by atoms with E-state index in [9.17, 15) is 0 Å². The molecule has 0 bridgehead atoms. The first kappa shape index (κ1) is 14.7. The first-order chi connectivity index (χ1) is 8.15. The van der Waals surface area contributed by atoms with E-state index < -0.39 is 0 Å². The van der Waals surface area contributed by atoms with Gasteiger partial charge in [-0.2, -0.15) is 5.10 Å². The highest BCUT2D eigenvalue weighted by Gasteiger charge is 2.24. The van der Waals surface area contributed by atoms with Crippen LogP contribution < -0.4 is 5.32 Å². The number of ether oxygens (including phenoxy) is 1. The minimum Gasteiger partial charge on any atom is -0.380 e. The third-order valence-corrected chi connectivity index (χ3v) is 3.49. The number of halogens is 1. The molecular weight excluding hydrogens is 282 g/mol. The molecule has 0 aliphatic rings. The predicted octanol–water partition coefficient (Wildman–Crippen LogP) is 2.74. The Morgan fingerprint density at radius 2 is 2.24 bits per heavy atom. The van der Waals surface area contributed by atoms with Crippen molar-refractivity contribution in [3.05, 3.63) is 16.4 Å². The van der Waals surface area contributed by atoms with E-state index >= 15 is 0 Å². The fourth-order valence-electron chi connectivity index (χ4n) is 1.85. The number of hydrogen-bond acceptors (Lipinski definition) is 3. The van der Waals surface area contributed by atoms with Crippen molar-refractivity contribution in [1.82, 2.24) is 15.1 Å². The third-order valence-electron chi connectivity index (χ3n) is 2.88. The van der Waals surface area contributed by atoms with Gasteiger partial charge < -0.3 is 10.1 Å². The van der Waals surface area contributed by atoms with Crippen LogP contribution in [0.3, 0.4) is 0 Å². The summed E-state index contributed by atoms with van der Waals surface area (Å²) in [7, 11) is 1.74. The Morgan fingerprint density at radius 1 is 1.53 bits per heavy atom. The average Bonchev–Trinajstić information content (AvgIpc) is 2.71. The molecule has 0 aliphatic carbocycles. The summed E-state index contributed by atoms with van der Waals surface area (Å²) in [6.45, 7) is 8.17. The molecule has 1 rings (SSSR count). The van der Waals surface area contributed by atoms with Gasteiger partial charge in [0.25, 0.3) is 0 Å². The summed E-state index contributed by atoms with van der Waals surface area (Å²) < 4.78 is 8.51. The molecule has 17 heavy (non-hydrogen) atoms. The Hall–Kier alpha value is -0.390. The summed E-state index contributed by atoms with van der Waals surface area (Å²) in [6, 6.07) is 0.164. The van der Waals surface area contributed by atoms with Gasteiger partial charge in [-0.15, -0.1) is 0 Å². The van der Waals surface area contributed by atoms with Gasteiger partial charge in [-0.1, -0.05) is 6.92 Å². The van der Waals surface area contributed by atoms with E-state index in [-0.39, 0.29) is 12.1 Å². The van der Waals surface area contributed by atoms with Crippen LogP contribution in [0, 0.1) is 0 Å². The maximum atomic E-state index is 5.46. The highest BCUT2D eigenvalue weighted by Crippen LogP contribution is 2.26. The van der Waals surface area contributed by atoms with Crippen LogP contribution in [-0.2, 0) is 11.3 Å². The van der Waals surface area contributed by atoms with Crippen molar-refractivity contribution in [1.29, 1.82) is 0 Å². The molecule has 0 aliphatic heterocycles. The van der Waals surface area contributed by atoms with Gasteiger partial charge >= 0.3 is 0 Å². The number of hydrogen-bond donors (Lipinski definition) is 1. The molecule has 1 aromatic heterocycles. The predicted molar refractivity (Wildman–Crippen MR) is 73.1 cm³/mol. The number of nitrogens with one attached hydrogen (secondary N) is 1. The normalized spacial score (nSPS) is 14.9. The Balaban J connectivity index is 2.98. The molecule has 0 aromatic carbocycles. The summed E-state index contributed by atoms with van der Waals surface area (Å²) in [5.74, 6) is 0. The topological polar surface area (TPSA) is 39.1 Å². The molecule has 98 valence electrons. The molecule has 0 fully saturated rings. The first-order valence-electron chi connectivity index (χ1n) is 6.13. The Labute approximate surface area is 112 Å². The van der Waals surface area contributed by atoms with Crippen molar-refractivity contribution in [2.45, 2.75) is 45.9 Å². The van der Waals surface area contributed by atoms with Crippen LogP contribution in [-0.4, -0.2) is 29.5 Å². The maximum absolute atomic E-state index is 5.46. The second kappa shape index (κ2) is 7.13. The van der Waals surface area contributed by atoms with Crippen molar-refractivity contribution >= 4 is 15.9 Å². The van der Waals surface area contributed by atoms with Gasteiger partial charge in [0.1, 0.15) is 0 Å². The van der Waals surface area contributed by atoms with E-state index in [2.05, 4.69) is 47.1 Å². The SMILES string of the molecule is CCCNC(c1c(Br)cnn1CC)C(C)OC. The number of methoxy groups -OCH3 is 1. The summed E-state index contributed by atoms with van der Waals surface area (Å²) in [6.07, 6.45) is 3.06. The molecule has 5 heteroatoms. The second-order valence-corrected chi connectivity index (χ2v) is 4.92. The van der Waals surface area contributed by atoms with Crippen molar-refractivity contribution in [3.8, 4) is 0 Å². The highest BCUT2D eigenvalue weighted by molar-refractivity contribution is 9.10. The summed E-state index contributed by atoms with van der Waals surface area (Å²) in [5.41, 5.74) is 1.16. The molecule has 2 unspecified atom stereocenters. The molecule has 0 radical (unpaired) electrons. The van der Waals surface area contributed by atoms with Gasteiger partial charge in [0, 0.05) is 13.7 Å². The zero-order valence-corrected chi connectivity index (χ0v) is 12.6. The summed E-state index contributed by atoms with van der Waals surface area (Å²) in [4.78, 5) is 0. The van der Waals surface area contributed by atoms with Gasteiger partial charge in [-0.05, 0) is 42.7 Å². The minimum atomic E-state index is 0.111. The van der Waals surface area contributed by atoms with Gasteiger partial charge in [-0.3, -0.25) is 4.68 Å². The third kappa shape index (κ3) is 3.53. The van der Waals surface area contributed by atoms with E-state index in [1.54, 1.807) is 7.11 Å². The van der Waals surface area contributed by atoms with Gasteiger partial charge in [0.2, 0.25) is 0 Å². The van der Waals surface area contributed by atoms with Crippen LogP contribution in [0.5, 0.6) is 0 Å². The van der Waals surface area contributed by atoms with Crippen molar-refractivity contribution < 1.29 is 4.74 Å². The largest absolute Gasteiger partial charge is 0.380 e. The summed E-state index contributed by atoms with van der Waals surface area (Å²) >= 11 is 3.57. The standard InChI is InChI=1S/C12H22BrN3O/c1-5-7-14-11(9(3)17-4)12-10(13)8-15-16(12)6-2/h8-9,11,14H,5-7H2,1-4H3. The van der Waals surface area contributed by atoms with Crippen LogP contribution >= 0.6 is 15.9 Å². The van der Waals surface area contributed by atoms with Crippen LogP contribution in [0.25, 0.3) is 0 Å². The monoisotopic (exact) mass is 303 g/mol. The lowest BCUT2D eigenvalue weighted by Crippen LogP contribution is -2.34. The van der Waals surface area contributed by atoms with Crippen LogP contribution in [0.1, 0.15) is 38.9 Å².